The largest absolute Gasteiger partial charge is 0.462 e. The van der Waals surface area contributed by atoms with E-state index >= 15 is 0 Å². The summed E-state index contributed by atoms with van der Waals surface area (Å²) in [5, 5.41) is 0. The van der Waals surface area contributed by atoms with E-state index < -0.39 is 5.72 Å². The second-order valence-corrected chi connectivity index (χ2v) is 7.22. The van der Waals surface area contributed by atoms with Crippen molar-refractivity contribution in [2.75, 3.05) is 11.9 Å². The lowest BCUT2D eigenvalue weighted by atomic mass is 9.76. The number of hydrogen-bond acceptors (Lipinski definition) is 3. The number of rotatable bonds is 1. The van der Waals surface area contributed by atoms with Crippen molar-refractivity contribution in [3.05, 3.63) is 64.7 Å². The van der Waals surface area contributed by atoms with E-state index in [0.29, 0.717) is 11.3 Å². The van der Waals surface area contributed by atoms with Gasteiger partial charge in [-0.1, -0.05) is 18.2 Å². The van der Waals surface area contributed by atoms with Crippen LogP contribution in [0.25, 0.3) is 6.08 Å². The summed E-state index contributed by atoms with van der Waals surface area (Å²) in [4.78, 5) is 13.8. The van der Waals surface area contributed by atoms with Crippen molar-refractivity contribution < 1.29 is 9.53 Å². The lowest BCUT2D eigenvalue weighted by Crippen LogP contribution is -2.58. The number of aldehydes is 1. The molecule has 1 unspecified atom stereocenters. The van der Waals surface area contributed by atoms with E-state index in [4.69, 9.17) is 4.74 Å². The van der Waals surface area contributed by atoms with Crippen LogP contribution < -0.4 is 9.64 Å². The zero-order valence-electron chi connectivity index (χ0n) is 14.5. The summed E-state index contributed by atoms with van der Waals surface area (Å²) in [5.41, 5.74) is 4.14. The SMILES string of the molecule is Cc1cc(C=O)c2c(c1)C=CC1(O2)N(C)c2ccccc2C1(C)C. The Bertz CT molecular complexity index is 881. The summed E-state index contributed by atoms with van der Waals surface area (Å²) in [6, 6.07) is 12.3. The third-order valence-electron chi connectivity index (χ3n) is 5.50. The molecule has 4 rings (SSSR count). The van der Waals surface area contributed by atoms with Crippen LogP contribution in [0.3, 0.4) is 0 Å². The quantitative estimate of drug-likeness (QED) is 0.732. The van der Waals surface area contributed by atoms with Gasteiger partial charge in [0.1, 0.15) is 5.75 Å². The maximum atomic E-state index is 11.6. The molecule has 0 aromatic heterocycles. The van der Waals surface area contributed by atoms with Crippen LogP contribution in [-0.2, 0) is 5.41 Å². The molecule has 0 amide bonds. The molecule has 0 N–H and O–H groups in total. The normalized spacial score (nSPS) is 22.9. The Hall–Kier alpha value is -2.55. The number of nitrogens with zero attached hydrogens (tertiary/aromatic N) is 1. The molecule has 0 bridgehead atoms. The smallest absolute Gasteiger partial charge is 0.211 e. The first kappa shape index (κ1) is 15.0. The van der Waals surface area contributed by atoms with E-state index in [1.165, 1.54) is 5.56 Å². The first-order valence-electron chi connectivity index (χ1n) is 8.22. The predicted octanol–water partition coefficient (Wildman–Crippen LogP) is 4.34. The van der Waals surface area contributed by atoms with Crippen molar-refractivity contribution in [2.45, 2.75) is 31.9 Å². The number of para-hydroxylation sites is 1. The standard InChI is InChI=1S/C21H21NO2/c1-14-11-15-9-10-21(24-19(15)16(12-14)13-23)20(2,3)17-7-5-6-8-18(17)22(21)4/h5-13H,1-4H3. The average Bonchev–Trinajstić information content (AvgIpc) is 2.74. The fourth-order valence-corrected chi connectivity index (χ4v) is 4.15. The zero-order valence-corrected chi connectivity index (χ0v) is 14.5. The van der Waals surface area contributed by atoms with Gasteiger partial charge >= 0.3 is 0 Å². The summed E-state index contributed by atoms with van der Waals surface area (Å²) in [5.74, 6) is 0.672. The molecule has 0 aliphatic carbocycles. The molecule has 1 atom stereocenters. The van der Waals surface area contributed by atoms with Crippen molar-refractivity contribution in [2.24, 2.45) is 0 Å². The summed E-state index contributed by atoms with van der Waals surface area (Å²) in [6.07, 6.45) is 5.10. The van der Waals surface area contributed by atoms with Gasteiger partial charge in [0.25, 0.3) is 0 Å². The molecule has 0 fully saturated rings. The van der Waals surface area contributed by atoms with E-state index in [2.05, 4.69) is 62.2 Å². The molecule has 24 heavy (non-hydrogen) atoms. The van der Waals surface area contributed by atoms with Crippen LogP contribution in [0, 0.1) is 6.92 Å². The van der Waals surface area contributed by atoms with Crippen LogP contribution in [0.4, 0.5) is 5.69 Å². The molecule has 0 saturated carbocycles. The number of benzene rings is 2. The van der Waals surface area contributed by atoms with Crippen molar-refractivity contribution >= 4 is 18.0 Å². The Balaban J connectivity index is 1.93. The highest BCUT2D eigenvalue weighted by Gasteiger charge is 2.57. The third kappa shape index (κ3) is 1.70. The first-order valence-corrected chi connectivity index (χ1v) is 8.22. The van der Waals surface area contributed by atoms with Crippen LogP contribution in [0.1, 0.15) is 40.9 Å². The number of anilines is 1. The maximum absolute atomic E-state index is 11.6. The van der Waals surface area contributed by atoms with Crippen molar-refractivity contribution in [3.63, 3.8) is 0 Å². The highest BCUT2D eigenvalue weighted by Crippen LogP contribution is 2.54. The average molecular weight is 319 g/mol. The molecule has 1 spiro atoms. The van der Waals surface area contributed by atoms with Gasteiger partial charge in [0.05, 0.1) is 11.0 Å². The van der Waals surface area contributed by atoms with Gasteiger partial charge in [0.2, 0.25) is 5.72 Å². The number of carbonyl (C=O) groups excluding carboxylic acids is 1. The molecule has 2 aromatic carbocycles. The van der Waals surface area contributed by atoms with Crippen LogP contribution in [0.5, 0.6) is 5.75 Å². The Kier molecular flexibility index (Phi) is 2.96. The summed E-state index contributed by atoms with van der Waals surface area (Å²) in [7, 11) is 2.05. The minimum absolute atomic E-state index is 0.252. The monoisotopic (exact) mass is 319 g/mol. The number of carbonyl (C=O) groups is 1. The maximum Gasteiger partial charge on any atom is 0.211 e. The van der Waals surface area contributed by atoms with Gasteiger partial charge in [0.15, 0.2) is 6.29 Å². The number of ether oxygens (including phenoxy) is 1. The zero-order chi connectivity index (χ0) is 17.1. The van der Waals surface area contributed by atoms with Gasteiger partial charge in [0, 0.05) is 18.3 Å². The molecule has 122 valence electrons. The van der Waals surface area contributed by atoms with Crippen LogP contribution in [0.2, 0.25) is 0 Å². The minimum Gasteiger partial charge on any atom is -0.462 e. The Morgan fingerprint density at radius 2 is 1.92 bits per heavy atom. The lowest BCUT2D eigenvalue weighted by molar-refractivity contribution is 0.0571. The van der Waals surface area contributed by atoms with E-state index in [1.807, 2.05) is 19.1 Å². The van der Waals surface area contributed by atoms with Crippen LogP contribution >= 0.6 is 0 Å². The van der Waals surface area contributed by atoms with Crippen LogP contribution in [-0.4, -0.2) is 19.1 Å². The second kappa shape index (κ2) is 4.73. The molecule has 2 aromatic rings. The number of fused-ring (bicyclic) bond motifs is 2. The lowest BCUT2D eigenvalue weighted by Gasteiger charge is -2.46. The molecule has 2 aliphatic heterocycles. The molecule has 3 nitrogen and oxygen atoms in total. The van der Waals surface area contributed by atoms with Gasteiger partial charge in [-0.05, 0) is 62.2 Å². The summed E-state index contributed by atoms with van der Waals surface area (Å²) < 4.78 is 6.58. The predicted molar refractivity (Wildman–Crippen MR) is 96.8 cm³/mol. The van der Waals surface area contributed by atoms with E-state index in [-0.39, 0.29) is 5.41 Å². The fourth-order valence-electron chi connectivity index (χ4n) is 4.15. The number of hydrogen-bond donors (Lipinski definition) is 0. The third-order valence-corrected chi connectivity index (χ3v) is 5.50. The topological polar surface area (TPSA) is 29.5 Å². The fraction of sp³-hybridized carbons (Fsp3) is 0.286. The molecule has 3 heteroatoms. The van der Waals surface area contributed by atoms with Crippen molar-refractivity contribution in [3.8, 4) is 5.75 Å². The summed E-state index contributed by atoms with van der Waals surface area (Å²) >= 11 is 0. The van der Waals surface area contributed by atoms with Gasteiger partial charge < -0.3 is 9.64 Å². The van der Waals surface area contributed by atoms with E-state index in [9.17, 15) is 4.79 Å². The number of aryl methyl sites for hydroxylation is 1. The van der Waals surface area contributed by atoms with Gasteiger partial charge in [-0.2, -0.15) is 0 Å². The van der Waals surface area contributed by atoms with Crippen molar-refractivity contribution in [1.82, 2.24) is 0 Å². The molecular weight excluding hydrogens is 298 g/mol. The van der Waals surface area contributed by atoms with E-state index in [0.717, 1.165) is 23.1 Å². The Morgan fingerprint density at radius 1 is 1.17 bits per heavy atom. The summed E-state index contributed by atoms with van der Waals surface area (Å²) in [6.45, 7) is 6.38. The van der Waals surface area contributed by atoms with Gasteiger partial charge in [-0.15, -0.1) is 0 Å². The van der Waals surface area contributed by atoms with Gasteiger partial charge in [-0.3, -0.25) is 4.79 Å². The highest BCUT2D eigenvalue weighted by atomic mass is 16.5. The second-order valence-electron chi connectivity index (χ2n) is 7.22. The first-order chi connectivity index (χ1) is 11.4. The van der Waals surface area contributed by atoms with Gasteiger partial charge in [-0.25, -0.2) is 0 Å². The van der Waals surface area contributed by atoms with Crippen molar-refractivity contribution in [1.29, 1.82) is 0 Å². The van der Waals surface area contributed by atoms with E-state index in [1.54, 1.807) is 0 Å². The van der Waals surface area contributed by atoms with Crippen LogP contribution in [0.15, 0.2) is 42.5 Å². The molecule has 2 heterocycles. The minimum atomic E-state index is -0.642. The molecule has 2 aliphatic rings. The Labute approximate surface area is 142 Å². The molecule has 0 radical (unpaired) electrons. The number of likely N-dealkylation sites (N-methyl/N-ethyl adjacent to an activating group) is 1. The molecular formula is C21H21NO2. The molecule has 0 saturated heterocycles. The highest BCUT2D eigenvalue weighted by molar-refractivity contribution is 5.84. The Morgan fingerprint density at radius 3 is 2.62 bits per heavy atom.